The van der Waals surface area contributed by atoms with Gasteiger partial charge in [0.1, 0.15) is 6.20 Å². The lowest BCUT2D eigenvalue weighted by Gasteiger charge is -1.94. The minimum absolute atomic E-state index is 0.0490. The number of anilines is 1. The van der Waals surface area contributed by atoms with E-state index < -0.39 is 4.92 Å². The highest BCUT2D eigenvalue weighted by molar-refractivity contribution is 8.01. The third-order valence-electron chi connectivity index (χ3n) is 2.37. The van der Waals surface area contributed by atoms with Crippen LogP contribution in [0, 0.1) is 10.1 Å². The fraction of sp³-hybridized carbons (Fsp3) is 0.100. The zero-order valence-electron chi connectivity index (χ0n) is 10.4. The normalized spacial score (nSPS) is 10.9. The lowest BCUT2D eigenvalue weighted by Crippen LogP contribution is -1.96. The van der Waals surface area contributed by atoms with Gasteiger partial charge in [0.15, 0.2) is 4.34 Å². The molecule has 3 aromatic rings. The van der Waals surface area contributed by atoms with Gasteiger partial charge in [-0.1, -0.05) is 28.7 Å². The number of aromatic nitrogens is 4. The molecule has 3 rings (SSSR count). The van der Waals surface area contributed by atoms with Gasteiger partial charge in [0.25, 0.3) is 4.96 Å². The van der Waals surface area contributed by atoms with Crippen LogP contribution in [-0.4, -0.2) is 31.1 Å². The van der Waals surface area contributed by atoms with E-state index in [1.165, 1.54) is 27.1 Å². The summed E-state index contributed by atoms with van der Waals surface area (Å²) in [5.74, 6) is -0.0490. The molecule has 0 radical (unpaired) electrons. The molecule has 0 fully saturated rings. The van der Waals surface area contributed by atoms with Crippen molar-refractivity contribution in [3.05, 3.63) is 34.3 Å². The van der Waals surface area contributed by atoms with E-state index in [4.69, 9.17) is 0 Å². The Balaban J connectivity index is 1.88. The van der Waals surface area contributed by atoms with Crippen molar-refractivity contribution in [1.82, 2.24) is 19.6 Å². The zero-order valence-corrected chi connectivity index (χ0v) is 12.9. The Morgan fingerprint density at radius 2 is 2.43 bits per heavy atom. The average Bonchev–Trinajstić information content (AvgIpc) is 3.11. The van der Waals surface area contributed by atoms with Gasteiger partial charge < -0.3 is 15.4 Å². The summed E-state index contributed by atoms with van der Waals surface area (Å²) in [5.41, 5.74) is 0. The molecule has 11 heteroatoms. The van der Waals surface area contributed by atoms with Gasteiger partial charge in [0, 0.05) is 11.9 Å². The van der Waals surface area contributed by atoms with Gasteiger partial charge in [-0.05, 0) is 16.7 Å². The highest BCUT2D eigenvalue weighted by atomic mass is 32.2. The van der Waals surface area contributed by atoms with Gasteiger partial charge in [-0.15, -0.1) is 16.8 Å². The maximum atomic E-state index is 11.2. The molecule has 21 heavy (non-hydrogen) atoms. The first-order valence-corrected chi connectivity index (χ1v) is 8.16. The molecule has 1 N–H and O–H groups in total. The standard InChI is InChI=1S/C10H8N6O2S3/c1-2-3-11-8-13-14-10(21-8)20-6-7(16(17)18)15-4-5-19-9(15)12-6/h2,4-5H,1,3H2,(H,11,13). The van der Waals surface area contributed by atoms with E-state index >= 15 is 0 Å². The first-order chi connectivity index (χ1) is 10.2. The van der Waals surface area contributed by atoms with E-state index in [1.807, 2.05) is 0 Å². The molecule has 0 saturated carbocycles. The zero-order chi connectivity index (χ0) is 14.8. The molecule has 0 spiro atoms. The van der Waals surface area contributed by atoms with Crippen molar-refractivity contribution in [3.8, 4) is 0 Å². The highest BCUT2D eigenvalue weighted by Gasteiger charge is 2.25. The Bertz CT molecular complexity index is 807. The van der Waals surface area contributed by atoms with E-state index in [1.54, 1.807) is 17.7 Å². The Morgan fingerprint density at radius 1 is 1.57 bits per heavy atom. The predicted octanol–water partition coefficient (Wildman–Crippen LogP) is 2.90. The summed E-state index contributed by atoms with van der Waals surface area (Å²) in [6, 6.07) is 0. The predicted molar refractivity (Wildman–Crippen MR) is 82.4 cm³/mol. The molecule has 0 bridgehead atoms. The van der Waals surface area contributed by atoms with Crippen LogP contribution in [-0.2, 0) is 0 Å². The van der Waals surface area contributed by atoms with E-state index in [0.717, 1.165) is 11.8 Å². The van der Waals surface area contributed by atoms with Crippen LogP contribution >= 0.6 is 34.4 Å². The van der Waals surface area contributed by atoms with Gasteiger partial charge in [-0.3, -0.25) is 0 Å². The van der Waals surface area contributed by atoms with Gasteiger partial charge >= 0.3 is 5.82 Å². The van der Waals surface area contributed by atoms with Crippen LogP contribution in [0.2, 0.25) is 0 Å². The molecule has 0 aliphatic rings. The molecular formula is C10H8N6O2S3. The van der Waals surface area contributed by atoms with Crippen LogP contribution in [0.3, 0.4) is 0 Å². The van der Waals surface area contributed by atoms with Crippen molar-refractivity contribution in [1.29, 1.82) is 0 Å². The Labute approximate surface area is 130 Å². The minimum atomic E-state index is -0.438. The second-order valence-corrected chi connectivity index (χ2v) is 6.78. The van der Waals surface area contributed by atoms with Crippen LogP contribution in [0.5, 0.6) is 0 Å². The van der Waals surface area contributed by atoms with Crippen molar-refractivity contribution in [2.75, 3.05) is 11.9 Å². The van der Waals surface area contributed by atoms with Crippen LogP contribution in [0.1, 0.15) is 0 Å². The summed E-state index contributed by atoms with van der Waals surface area (Å²) in [6.45, 7) is 4.18. The van der Waals surface area contributed by atoms with E-state index in [0.29, 0.717) is 26.0 Å². The van der Waals surface area contributed by atoms with Gasteiger partial charge in [0.05, 0.1) is 0 Å². The average molecular weight is 340 g/mol. The van der Waals surface area contributed by atoms with E-state index in [2.05, 4.69) is 27.1 Å². The Kier molecular flexibility index (Phi) is 3.86. The molecule has 0 aromatic carbocycles. The van der Waals surface area contributed by atoms with Gasteiger partial charge in [0.2, 0.25) is 10.2 Å². The van der Waals surface area contributed by atoms with Crippen molar-refractivity contribution >= 4 is 50.3 Å². The molecule has 0 aliphatic heterocycles. The number of fused-ring (bicyclic) bond motifs is 1. The number of nitro groups is 1. The van der Waals surface area contributed by atoms with Crippen molar-refractivity contribution < 1.29 is 4.92 Å². The summed E-state index contributed by atoms with van der Waals surface area (Å²) >= 11 is 3.80. The van der Waals surface area contributed by atoms with Crippen molar-refractivity contribution in [2.24, 2.45) is 0 Å². The second-order valence-electron chi connectivity index (χ2n) is 3.70. The first kappa shape index (κ1) is 14.0. The molecule has 3 heterocycles. The van der Waals surface area contributed by atoms with Crippen LogP contribution in [0.15, 0.2) is 33.6 Å². The molecular weight excluding hydrogens is 332 g/mol. The Morgan fingerprint density at radius 3 is 3.19 bits per heavy atom. The molecule has 0 aliphatic carbocycles. The minimum Gasteiger partial charge on any atom is -0.358 e. The maximum absolute atomic E-state index is 11.2. The molecule has 108 valence electrons. The van der Waals surface area contributed by atoms with Crippen molar-refractivity contribution in [2.45, 2.75) is 9.37 Å². The number of hydrogen-bond donors (Lipinski definition) is 1. The van der Waals surface area contributed by atoms with E-state index in [-0.39, 0.29) is 5.82 Å². The summed E-state index contributed by atoms with van der Waals surface area (Å²) in [5, 5.41) is 24.9. The number of rotatable bonds is 6. The second kappa shape index (κ2) is 5.79. The molecule has 8 nitrogen and oxygen atoms in total. The lowest BCUT2D eigenvalue weighted by atomic mass is 10.6. The van der Waals surface area contributed by atoms with Gasteiger partial charge in [-0.25, -0.2) is 0 Å². The third-order valence-corrected chi connectivity index (χ3v) is 5.02. The smallest absolute Gasteiger partial charge is 0.358 e. The third kappa shape index (κ3) is 2.75. The number of nitrogens with zero attached hydrogens (tertiary/aromatic N) is 5. The SMILES string of the molecule is C=CCNc1nnc(Sc2nc3sccn3c2[N+](=O)[O-])s1. The molecule has 3 aromatic heterocycles. The summed E-state index contributed by atoms with van der Waals surface area (Å²) in [6.07, 6.45) is 3.34. The number of nitrogens with one attached hydrogen (secondary N) is 1. The summed E-state index contributed by atoms with van der Waals surface area (Å²) in [4.78, 5) is 15.6. The topological polar surface area (TPSA) is 98.2 Å². The fourth-order valence-corrected chi connectivity index (χ4v) is 4.09. The van der Waals surface area contributed by atoms with Crippen molar-refractivity contribution in [3.63, 3.8) is 0 Å². The quantitative estimate of drug-likeness (QED) is 0.418. The van der Waals surface area contributed by atoms with Gasteiger partial charge in [-0.2, -0.15) is 9.38 Å². The Hall–Kier alpha value is -1.98. The molecule has 0 saturated heterocycles. The monoisotopic (exact) mass is 340 g/mol. The highest BCUT2D eigenvalue weighted by Crippen LogP contribution is 2.37. The number of imidazole rings is 1. The molecule has 0 atom stereocenters. The van der Waals surface area contributed by atoms with Crippen LogP contribution in [0.25, 0.3) is 4.96 Å². The van der Waals surface area contributed by atoms with Crippen LogP contribution in [0.4, 0.5) is 10.9 Å². The summed E-state index contributed by atoms with van der Waals surface area (Å²) < 4.78 is 2.06. The molecule has 0 unspecified atom stereocenters. The maximum Gasteiger partial charge on any atom is 0.363 e. The van der Waals surface area contributed by atoms with E-state index in [9.17, 15) is 10.1 Å². The fourth-order valence-electron chi connectivity index (χ4n) is 1.55. The summed E-state index contributed by atoms with van der Waals surface area (Å²) in [7, 11) is 0. The van der Waals surface area contributed by atoms with Crippen LogP contribution < -0.4 is 5.32 Å². The molecule has 0 amide bonds. The largest absolute Gasteiger partial charge is 0.363 e. The lowest BCUT2D eigenvalue weighted by molar-refractivity contribution is -0.393. The number of hydrogen-bond acceptors (Lipinski definition) is 9. The first-order valence-electron chi connectivity index (χ1n) is 5.65. The number of thiazole rings is 1.